The van der Waals surface area contributed by atoms with Crippen LogP contribution in [0.3, 0.4) is 0 Å². The second-order valence-corrected chi connectivity index (χ2v) is 4.27. The maximum absolute atomic E-state index is 3.82. The normalized spacial score (nSPS) is 17.2. The van der Waals surface area contributed by atoms with Gasteiger partial charge < -0.3 is 0 Å². The monoisotopic (exact) mass is 210 g/mol. The third kappa shape index (κ3) is 2.16. The zero-order chi connectivity index (χ0) is 11.3. The summed E-state index contributed by atoms with van der Waals surface area (Å²) in [6.07, 6.45) is 14.4. The van der Waals surface area contributed by atoms with Crippen molar-refractivity contribution in [3.05, 3.63) is 72.9 Å². The van der Waals surface area contributed by atoms with E-state index in [0.29, 0.717) is 0 Å². The Kier molecular flexibility index (Phi) is 3.40. The highest BCUT2D eigenvalue weighted by molar-refractivity contribution is 5.39. The fraction of sp³-hybridized carbons (Fsp3) is 0.250. The Morgan fingerprint density at radius 3 is 2.44 bits per heavy atom. The first-order valence-electron chi connectivity index (χ1n) is 5.89. The van der Waals surface area contributed by atoms with Crippen LogP contribution in [-0.4, -0.2) is 0 Å². The Hall–Kier alpha value is -1.56. The van der Waals surface area contributed by atoms with Gasteiger partial charge in [0.1, 0.15) is 0 Å². The van der Waals surface area contributed by atoms with Gasteiger partial charge in [-0.1, -0.05) is 60.7 Å². The minimum atomic E-state index is 0.0910. The molecule has 0 heteroatoms. The summed E-state index contributed by atoms with van der Waals surface area (Å²) in [5, 5.41) is 0. The molecule has 0 radical (unpaired) electrons. The highest BCUT2D eigenvalue weighted by Crippen LogP contribution is 2.35. The number of allylic oxidation sites excluding steroid dienone is 5. The number of hydrogen-bond acceptors (Lipinski definition) is 0. The second kappa shape index (κ2) is 4.98. The molecule has 1 aromatic rings. The topological polar surface area (TPSA) is 0 Å². The van der Waals surface area contributed by atoms with Crippen LogP contribution in [0.25, 0.3) is 0 Å². The molecule has 0 saturated carbocycles. The molecular weight excluding hydrogens is 192 g/mol. The van der Waals surface area contributed by atoms with E-state index in [1.165, 1.54) is 5.56 Å². The van der Waals surface area contributed by atoms with Crippen molar-refractivity contribution in [2.45, 2.75) is 24.7 Å². The SMILES string of the molecule is C=CCCC1(c2ccccc2)C=CCC=C1. The molecule has 1 aromatic carbocycles. The first-order valence-corrected chi connectivity index (χ1v) is 5.89. The van der Waals surface area contributed by atoms with Gasteiger partial charge in [-0.05, 0) is 24.8 Å². The molecule has 2 rings (SSSR count). The third-order valence-corrected chi connectivity index (χ3v) is 3.18. The van der Waals surface area contributed by atoms with Crippen LogP contribution < -0.4 is 0 Å². The summed E-state index contributed by atoms with van der Waals surface area (Å²) in [4.78, 5) is 0. The van der Waals surface area contributed by atoms with Crippen LogP contribution in [0.15, 0.2) is 67.3 Å². The summed E-state index contributed by atoms with van der Waals surface area (Å²) >= 11 is 0. The van der Waals surface area contributed by atoms with Crippen molar-refractivity contribution in [1.29, 1.82) is 0 Å². The molecule has 1 aliphatic rings. The Balaban J connectivity index is 2.34. The average molecular weight is 210 g/mol. The van der Waals surface area contributed by atoms with Gasteiger partial charge in [0.2, 0.25) is 0 Å². The number of rotatable bonds is 4. The van der Waals surface area contributed by atoms with E-state index in [4.69, 9.17) is 0 Å². The summed E-state index contributed by atoms with van der Waals surface area (Å²) in [5.41, 5.74) is 1.47. The Morgan fingerprint density at radius 1 is 1.12 bits per heavy atom. The van der Waals surface area contributed by atoms with E-state index in [2.05, 4.69) is 61.2 Å². The van der Waals surface area contributed by atoms with Crippen molar-refractivity contribution in [2.24, 2.45) is 0 Å². The quantitative estimate of drug-likeness (QED) is 0.646. The molecule has 0 bridgehead atoms. The van der Waals surface area contributed by atoms with Gasteiger partial charge in [0, 0.05) is 5.41 Å². The van der Waals surface area contributed by atoms with Crippen LogP contribution in [0, 0.1) is 0 Å². The molecule has 0 N–H and O–H groups in total. The van der Waals surface area contributed by atoms with Gasteiger partial charge in [-0.25, -0.2) is 0 Å². The molecule has 0 aliphatic heterocycles. The lowest BCUT2D eigenvalue weighted by atomic mass is 9.74. The van der Waals surface area contributed by atoms with Crippen LogP contribution in [0.5, 0.6) is 0 Å². The summed E-state index contributed by atoms with van der Waals surface area (Å²) in [5.74, 6) is 0. The van der Waals surface area contributed by atoms with Crippen LogP contribution in [0.1, 0.15) is 24.8 Å². The molecule has 0 nitrogen and oxygen atoms in total. The van der Waals surface area contributed by atoms with Crippen molar-refractivity contribution in [3.8, 4) is 0 Å². The fourth-order valence-electron chi connectivity index (χ4n) is 2.28. The molecular formula is C16H18. The highest BCUT2D eigenvalue weighted by Gasteiger charge is 2.26. The minimum absolute atomic E-state index is 0.0910. The molecule has 1 aliphatic carbocycles. The van der Waals surface area contributed by atoms with E-state index < -0.39 is 0 Å². The Bertz CT molecular complexity index is 383. The van der Waals surface area contributed by atoms with Gasteiger partial charge in [-0.3, -0.25) is 0 Å². The lowest BCUT2D eigenvalue weighted by Gasteiger charge is -2.29. The maximum atomic E-state index is 3.82. The van der Waals surface area contributed by atoms with E-state index in [1.807, 2.05) is 6.08 Å². The molecule has 0 heterocycles. The van der Waals surface area contributed by atoms with Crippen LogP contribution in [0.2, 0.25) is 0 Å². The molecule has 16 heavy (non-hydrogen) atoms. The molecule has 0 fully saturated rings. The Labute approximate surface area is 98.0 Å². The van der Waals surface area contributed by atoms with Gasteiger partial charge in [0.15, 0.2) is 0 Å². The van der Waals surface area contributed by atoms with Gasteiger partial charge in [-0.15, -0.1) is 6.58 Å². The lowest BCUT2D eigenvalue weighted by molar-refractivity contribution is 0.601. The van der Waals surface area contributed by atoms with Crippen LogP contribution in [-0.2, 0) is 5.41 Å². The first kappa shape index (κ1) is 10.9. The molecule has 82 valence electrons. The molecule has 0 atom stereocenters. The molecule has 0 saturated heterocycles. The largest absolute Gasteiger partial charge is 0.103 e. The molecule has 0 unspecified atom stereocenters. The van der Waals surface area contributed by atoms with E-state index in [0.717, 1.165) is 19.3 Å². The van der Waals surface area contributed by atoms with Gasteiger partial charge in [-0.2, -0.15) is 0 Å². The van der Waals surface area contributed by atoms with Crippen molar-refractivity contribution in [1.82, 2.24) is 0 Å². The van der Waals surface area contributed by atoms with E-state index in [-0.39, 0.29) is 5.41 Å². The lowest BCUT2D eigenvalue weighted by Crippen LogP contribution is -2.21. The van der Waals surface area contributed by atoms with Crippen molar-refractivity contribution >= 4 is 0 Å². The van der Waals surface area contributed by atoms with Crippen LogP contribution in [0.4, 0.5) is 0 Å². The minimum Gasteiger partial charge on any atom is -0.103 e. The summed E-state index contributed by atoms with van der Waals surface area (Å²) in [7, 11) is 0. The van der Waals surface area contributed by atoms with Crippen LogP contribution >= 0.6 is 0 Å². The predicted octanol–water partition coefficient (Wildman–Crippen LogP) is 4.41. The number of benzene rings is 1. The van der Waals surface area contributed by atoms with Crippen molar-refractivity contribution in [2.75, 3.05) is 0 Å². The summed E-state index contributed by atoms with van der Waals surface area (Å²) < 4.78 is 0. The highest BCUT2D eigenvalue weighted by atomic mass is 14.3. The van der Waals surface area contributed by atoms with E-state index in [9.17, 15) is 0 Å². The first-order chi connectivity index (χ1) is 7.87. The maximum Gasteiger partial charge on any atom is 0.0315 e. The van der Waals surface area contributed by atoms with Gasteiger partial charge >= 0.3 is 0 Å². The fourth-order valence-corrected chi connectivity index (χ4v) is 2.28. The predicted molar refractivity (Wildman–Crippen MR) is 70.4 cm³/mol. The molecule has 0 amide bonds. The summed E-state index contributed by atoms with van der Waals surface area (Å²) in [6, 6.07) is 10.7. The average Bonchev–Trinajstić information content (AvgIpc) is 2.38. The standard InChI is InChI=1S/C16H18/c1-2-3-12-16(13-8-5-9-14-16)15-10-6-4-7-11-15/h2,4,6-11,13-14H,1,3,5,12H2. The zero-order valence-electron chi connectivity index (χ0n) is 9.60. The molecule has 0 aromatic heterocycles. The zero-order valence-corrected chi connectivity index (χ0v) is 9.60. The molecule has 0 spiro atoms. The van der Waals surface area contributed by atoms with Gasteiger partial charge in [0.05, 0.1) is 0 Å². The second-order valence-electron chi connectivity index (χ2n) is 4.27. The van der Waals surface area contributed by atoms with Crippen molar-refractivity contribution < 1.29 is 0 Å². The Morgan fingerprint density at radius 2 is 1.81 bits per heavy atom. The van der Waals surface area contributed by atoms with Gasteiger partial charge in [0.25, 0.3) is 0 Å². The number of hydrogen-bond donors (Lipinski definition) is 0. The third-order valence-electron chi connectivity index (χ3n) is 3.18. The summed E-state index contributed by atoms with van der Waals surface area (Å²) in [6.45, 7) is 3.82. The van der Waals surface area contributed by atoms with E-state index >= 15 is 0 Å². The smallest absolute Gasteiger partial charge is 0.0315 e. The van der Waals surface area contributed by atoms with Crippen molar-refractivity contribution in [3.63, 3.8) is 0 Å². The van der Waals surface area contributed by atoms with E-state index in [1.54, 1.807) is 0 Å².